The van der Waals surface area contributed by atoms with Crippen molar-refractivity contribution in [3.63, 3.8) is 0 Å². The number of hydrogen-bond donors (Lipinski definition) is 1. The lowest BCUT2D eigenvalue weighted by atomic mass is 10.1. The summed E-state index contributed by atoms with van der Waals surface area (Å²) in [7, 11) is 0. The smallest absolute Gasteiger partial charge is 0.0409 e. The SMILES string of the molecule is CC(NCc1cc(-c2cccs2)cs1)c1cccc(Cl)c1. The predicted molar refractivity (Wildman–Crippen MR) is 94.3 cm³/mol. The second-order valence-corrected chi connectivity index (χ2v) is 7.32. The van der Waals surface area contributed by atoms with E-state index in [1.807, 2.05) is 18.2 Å². The Bertz CT molecular complexity index is 703. The first-order valence-corrected chi connectivity index (χ1v) is 8.96. The summed E-state index contributed by atoms with van der Waals surface area (Å²) in [6.45, 7) is 3.04. The summed E-state index contributed by atoms with van der Waals surface area (Å²) < 4.78 is 0. The standard InChI is InChI=1S/C17H16ClNS2/c1-12(13-4-2-5-15(18)8-13)19-10-16-9-14(11-21-16)17-6-3-7-20-17/h2-9,11-12,19H,10H2,1H3. The number of thiophene rings is 2. The van der Waals surface area contributed by atoms with E-state index in [0.29, 0.717) is 0 Å². The van der Waals surface area contributed by atoms with Crippen molar-refractivity contribution in [2.75, 3.05) is 0 Å². The molecule has 0 saturated heterocycles. The summed E-state index contributed by atoms with van der Waals surface area (Å²) in [6, 6.07) is 14.8. The lowest BCUT2D eigenvalue weighted by Gasteiger charge is -2.13. The molecule has 3 aromatic rings. The minimum Gasteiger partial charge on any atom is -0.305 e. The first kappa shape index (κ1) is 14.8. The van der Waals surface area contributed by atoms with Crippen LogP contribution in [-0.4, -0.2) is 0 Å². The van der Waals surface area contributed by atoms with E-state index in [1.165, 1.54) is 20.9 Å². The first-order valence-electron chi connectivity index (χ1n) is 6.82. The van der Waals surface area contributed by atoms with Crippen molar-refractivity contribution in [1.82, 2.24) is 5.32 Å². The van der Waals surface area contributed by atoms with Gasteiger partial charge in [-0.2, -0.15) is 0 Å². The topological polar surface area (TPSA) is 12.0 Å². The average Bonchev–Trinajstić information content (AvgIpc) is 3.15. The third-order valence-electron chi connectivity index (χ3n) is 3.39. The van der Waals surface area contributed by atoms with Gasteiger partial charge in [0.15, 0.2) is 0 Å². The highest BCUT2D eigenvalue weighted by molar-refractivity contribution is 7.14. The van der Waals surface area contributed by atoms with E-state index >= 15 is 0 Å². The molecule has 0 aliphatic carbocycles. The van der Waals surface area contributed by atoms with Gasteiger partial charge in [0.1, 0.15) is 0 Å². The van der Waals surface area contributed by atoms with Crippen molar-refractivity contribution >= 4 is 34.3 Å². The minimum absolute atomic E-state index is 0.288. The van der Waals surface area contributed by atoms with Gasteiger partial charge < -0.3 is 5.32 Å². The van der Waals surface area contributed by atoms with Crippen LogP contribution >= 0.6 is 34.3 Å². The van der Waals surface area contributed by atoms with Crippen LogP contribution in [0, 0.1) is 0 Å². The van der Waals surface area contributed by atoms with Gasteiger partial charge in [-0.05, 0) is 47.5 Å². The molecule has 1 unspecified atom stereocenters. The zero-order valence-electron chi connectivity index (χ0n) is 11.7. The Hall–Kier alpha value is -1.13. The van der Waals surface area contributed by atoms with Crippen molar-refractivity contribution < 1.29 is 0 Å². The fourth-order valence-corrected chi connectivity index (χ4v) is 4.02. The van der Waals surface area contributed by atoms with E-state index < -0.39 is 0 Å². The molecule has 4 heteroatoms. The Labute approximate surface area is 138 Å². The molecule has 21 heavy (non-hydrogen) atoms. The van der Waals surface area contributed by atoms with Crippen LogP contribution in [0.25, 0.3) is 10.4 Å². The van der Waals surface area contributed by atoms with E-state index in [-0.39, 0.29) is 6.04 Å². The average molecular weight is 334 g/mol. The maximum absolute atomic E-state index is 6.04. The monoisotopic (exact) mass is 333 g/mol. The quantitative estimate of drug-likeness (QED) is 0.605. The highest BCUT2D eigenvalue weighted by atomic mass is 35.5. The van der Waals surface area contributed by atoms with Crippen LogP contribution in [0.3, 0.4) is 0 Å². The van der Waals surface area contributed by atoms with Gasteiger partial charge in [-0.25, -0.2) is 0 Å². The molecule has 108 valence electrons. The van der Waals surface area contributed by atoms with Crippen molar-refractivity contribution in [2.45, 2.75) is 19.5 Å². The predicted octanol–water partition coefficient (Wildman–Crippen LogP) is 5.98. The van der Waals surface area contributed by atoms with Gasteiger partial charge >= 0.3 is 0 Å². The lowest BCUT2D eigenvalue weighted by Crippen LogP contribution is -2.17. The molecule has 0 amide bonds. The molecule has 1 nitrogen and oxygen atoms in total. The van der Waals surface area contributed by atoms with Crippen LogP contribution in [0.4, 0.5) is 0 Å². The number of hydrogen-bond acceptors (Lipinski definition) is 3. The highest BCUT2D eigenvalue weighted by Crippen LogP contribution is 2.29. The summed E-state index contributed by atoms with van der Waals surface area (Å²) in [4.78, 5) is 2.69. The van der Waals surface area contributed by atoms with Gasteiger partial charge in [0.25, 0.3) is 0 Å². The molecule has 0 saturated carbocycles. The molecule has 1 N–H and O–H groups in total. The van der Waals surface area contributed by atoms with Gasteiger partial charge in [0.05, 0.1) is 0 Å². The number of benzene rings is 1. The zero-order chi connectivity index (χ0) is 14.7. The van der Waals surface area contributed by atoms with Crippen LogP contribution in [0.15, 0.2) is 53.2 Å². The van der Waals surface area contributed by atoms with E-state index in [4.69, 9.17) is 11.6 Å². The zero-order valence-corrected chi connectivity index (χ0v) is 14.1. The molecule has 0 aliphatic heterocycles. The van der Waals surface area contributed by atoms with Crippen molar-refractivity contribution in [3.05, 3.63) is 68.7 Å². The molecular formula is C17H16ClNS2. The molecule has 0 radical (unpaired) electrons. The lowest BCUT2D eigenvalue weighted by molar-refractivity contribution is 0.579. The fraction of sp³-hybridized carbons (Fsp3) is 0.176. The molecule has 0 bridgehead atoms. The van der Waals surface area contributed by atoms with Crippen molar-refractivity contribution in [2.24, 2.45) is 0 Å². The molecule has 1 atom stereocenters. The maximum Gasteiger partial charge on any atom is 0.0409 e. The van der Waals surface area contributed by atoms with Crippen LogP contribution < -0.4 is 5.32 Å². The molecule has 0 spiro atoms. The number of rotatable bonds is 5. The van der Waals surface area contributed by atoms with Crippen molar-refractivity contribution in [1.29, 1.82) is 0 Å². The third kappa shape index (κ3) is 3.74. The van der Waals surface area contributed by atoms with Crippen LogP contribution in [0.1, 0.15) is 23.4 Å². The Morgan fingerprint density at radius 3 is 2.81 bits per heavy atom. The summed E-state index contributed by atoms with van der Waals surface area (Å²) >= 11 is 9.63. The largest absolute Gasteiger partial charge is 0.305 e. The minimum atomic E-state index is 0.288. The van der Waals surface area contributed by atoms with E-state index in [0.717, 1.165) is 11.6 Å². The van der Waals surface area contributed by atoms with E-state index in [9.17, 15) is 0 Å². The molecule has 0 fully saturated rings. The van der Waals surface area contributed by atoms with Crippen LogP contribution in [-0.2, 0) is 6.54 Å². The number of nitrogens with one attached hydrogen (secondary N) is 1. The van der Waals surface area contributed by atoms with Gasteiger partial charge in [0, 0.05) is 32.9 Å². The fourth-order valence-electron chi connectivity index (χ4n) is 2.19. The normalized spacial score (nSPS) is 12.5. The highest BCUT2D eigenvalue weighted by Gasteiger charge is 2.07. The van der Waals surface area contributed by atoms with Crippen LogP contribution in [0.5, 0.6) is 0 Å². The Kier molecular flexibility index (Phi) is 4.76. The second-order valence-electron chi connectivity index (χ2n) is 4.94. The Morgan fingerprint density at radius 2 is 2.05 bits per heavy atom. The summed E-state index contributed by atoms with van der Waals surface area (Å²) in [5, 5.41) is 8.69. The Balaban J connectivity index is 1.63. The molecule has 3 rings (SSSR count). The summed E-state index contributed by atoms with van der Waals surface area (Å²) in [5.41, 5.74) is 2.54. The summed E-state index contributed by atoms with van der Waals surface area (Å²) in [5.74, 6) is 0. The maximum atomic E-state index is 6.04. The van der Waals surface area contributed by atoms with E-state index in [1.54, 1.807) is 22.7 Å². The molecule has 0 aliphatic rings. The first-order chi connectivity index (χ1) is 10.2. The van der Waals surface area contributed by atoms with Crippen molar-refractivity contribution in [3.8, 4) is 10.4 Å². The summed E-state index contributed by atoms with van der Waals surface area (Å²) in [6.07, 6.45) is 0. The van der Waals surface area contributed by atoms with Gasteiger partial charge in [-0.15, -0.1) is 22.7 Å². The van der Waals surface area contributed by atoms with Gasteiger partial charge in [-0.1, -0.05) is 29.8 Å². The molecule has 2 aromatic heterocycles. The molecule has 2 heterocycles. The molecule has 1 aromatic carbocycles. The van der Waals surface area contributed by atoms with Gasteiger partial charge in [-0.3, -0.25) is 0 Å². The van der Waals surface area contributed by atoms with Gasteiger partial charge in [0.2, 0.25) is 0 Å². The Morgan fingerprint density at radius 1 is 1.14 bits per heavy atom. The number of halogens is 1. The van der Waals surface area contributed by atoms with E-state index in [2.05, 4.69) is 47.3 Å². The molecular weight excluding hydrogens is 318 g/mol. The van der Waals surface area contributed by atoms with Crippen LogP contribution in [0.2, 0.25) is 5.02 Å². The third-order valence-corrected chi connectivity index (χ3v) is 5.48. The second kappa shape index (κ2) is 6.75.